The maximum atomic E-state index is 5.82. The van der Waals surface area contributed by atoms with Gasteiger partial charge < -0.3 is 16.0 Å². The third-order valence-corrected chi connectivity index (χ3v) is 3.89. The lowest BCUT2D eigenvalue weighted by Gasteiger charge is -2.09. The number of nitrogens with two attached hydrogens (primary N) is 1. The lowest BCUT2D eigenvalue weighted by atomic mass is 10.1. The van der Waals surface area contributed by atoms with E-state index in [1.54, 1.807) is 6.20 Å². The first kappa shape index (κ1) is 15.9. The molecule has 0 unspecified atom stereocenters. The van der Waals surface area contributed by atoms with Crippen molar-refractivity contribution >= 4 is 11.5 Å². The monoisotopic (exact) mass is 318 g/mol. The normalized spacial score (nSPS) is 10.5. The number of aromatic nitrogens is 2. The summed E-state index contributed by atoms with van der Waals surface area (Å²) in [7, 11) is 0. The van der Waals surface area contributed by atoms with Crippen LogP contribution in [0, 0.1) is 0 Å². The van der Waals surface area contributed by atoms with Crippen molar-refractivity contribution in [1.82, 2.24) is 15.3 Å². The van der Waals surface area contributed by atoms with Crippen LogP contribution in [0.25, 0.3) is 28.2 Å². The molecule has 0 bridgehead atoms. The molecule has 3 aromatic rings. The van der Waals surface area contributed by atoms with E-state index < -0.39 is 0 Å². The molecule has 4 nitrogen and oxygen atoms in total. The van der Waals surface area contributed by atoms with Crippen LogP contribution in [0.15, 0.2) is 61.3 Å². The number of hydrogen-bond acceptors (Lipinski definition) is 3. The van der Waals surface area contributed by atoms with Crippen molar-refractivity contribution in [3.8, 4) is 22.5 Å². The molecule has 1 aromatic carbocycles. The topological polar surface area (TPSA) is 66.7 Å². The van der Waals surface area contributed by atoms with E-state index in [0.717, 1.165) is 46.7 Å². The van der Waals surface area contributed by atoms with Crippen molar-refractivity contribution in [3.05, 3.63) is 66.9 Å². The van der Waals surface area contributed by atoms with Crippen molar-refractivity contribution < 1.29 is 0 Å². The average Bonchev–Trinajstić information content (AvgIpc) is 3.06. The summed E-state index contributed by atoms with van der Waals surface area (Å²) >= 11 is 0. The fourth-order valence-electron chi connectivity index (χ4n) is 2.67. The third kappa shape index (κ3) is 3.33. The number of H-pyrrole nitrogens is 1. The van der Waals surface area contributed by atoms with Crippen molar-refractivity contribution in [2.45, 2.75) is 13.3 Å². The van der Waals surface area contributed by atoms with Gasteiger partial charge in [-0.15, -0.1) is 0 Å². The van der Waals surface area contributed by atoms with Crippen LogP contribution in [0.3, 0.4) is 0 Å². The van der Waals surface area contributed by atoms with E-state index in [1.807, 2.05) is 30.3 Å². The molecule has 0 aliphatic carbocycles. The van der Waals surface area contributed by atoms with Crippen molar-refractivity contribution in [1.29, 1.82) is 0 Å². The highest BCUT2D eigenvalue weighted by Gasteiger charge is 2.14. The van der Waals surface area contributed by atoms with E-state index in [0.29, 0.717) is 5.82 Å². The summed E-state index contributed by atoms with van der Waals surface area (Å²) in [6.07, 6.45) is 2.77. The van der Waals surface area contributed by atoms with Gasteiger partial charge in [-0.25, -0.2) is 4.98 Å². The SMILES string of the molecule is C=C(NCCC)c1cc(-c2ccnc(N)c2)[nH]c1-c1ccccc1. The van der Waals surface area contributed by atoms with Crippen LogP contribution in [0.4, 0.5) is 5.82 Å². The molecule has 0 fully saturated rings. The third-order valence-electron chi connectivity index (χ3n) is 3.89. The summed E-state index contributed by atoms with van der Waals surface area (Å²) < 4.78 is 0. The van der Waals surface area contributed by atoms with Gasteiger partial charge in [-0.05, 0) is 30.2 Å². The van der Waals surface area contributed by atoms with Gasteiger partial charge in [0.25, 0.3) is 0 Å². The summed E-state index contributed by atoms with van der Waals surface area (Å²) in [5.74, 6) is 0.507. The maximum absolute atomic E-state index is 5.82. The second kappa shape index (κ2) is 7.04. The summed E-state index contributed by atoms with van der Waals surface area (Å²) in [5, 5.41) is 3.38. The zero-order valence-electron chi connectivity index (χ0n) is 13.8. The van der Waals surface area contributed by atoms with Gasteiger partial charge in [0.1, 0.15) is 5.82 Å². The number of anilines is 1. The number of benzene rings is 1. The van der Waals surface area contributed by atoms with Gasteiger partial charge in [0.05, 0.1) is 5.69 Å². The predicted molar refractivity (Wildman–Crippen MR) is 101 cm³/mol. The average molecular weight is 318 g/mol. The molecule has 0 radical (unpaired) electrons. The molecule has 2 aromatic heterocycles. The summed E-state index contributed by atoms with van der Waals surface area (Å²) in [6.45, 7) is 7.24. The minimum absolute atomic E-state index is 0.507. The molecule has 4 N–H and O–H groups in total. The lowest BCUT2D eigenvalue weighted by molar-refractivity contribution is 0.825. The molecule has 0 aliphatic heterocycles. The first-order valence-corrected chi connectivity index (χ1v) is 8.12. The molecule has 0 saturated carbocycles. The van der Waals surface area contributed by atoms with Crippen LogP contribution in [-0.4, -0.2) is 16.5 Å². The number of rotatable bonds is 6. The Hall–Kier alpha value is -3.01. The van der Waals surface area contributed by atoms with E-state index in [1.165, 1.54) is 0 Å². The standard InChI is InChI=1S/C20H22N4/c1-3-10-22-14(2)17-13-18(16-9-11-23-19(21)12-16)24-20(17)15-7-5-4-6-8-15/h4-9,11-13,22,24H,2-3,10H2,1H3,(H2,21,23). The maximum Gasteiger partial charge on any atom is 0.123 e. The highest BCUT2D eigenvalue weighted by Crippen LogP contribution is 2.32. The molecule has 4 heteroatoms. The number of nitrogen functional groups attached to an aromatic ring is 1. The highest BCUT2D eigenvalue weighted by molar-refractivity contribution is 5.82. The minimum atomic E-state index is 0.507. The first-order chi connectivity index (χ1) is 11.7. The molecule has 24 heavy (non-hydrogen) atoms. The summed E-state index contributed by atoms with van der Waals surface area (Å²) in [6, 6.07) is 16.2. The number of nitrogens with zero attached hydrogens (tertiary/aromatic N) is 1. The zero-order chi connectivity index (χ0) is 16.9. The smallest absolute Gasteiger partial charge is 0.123 e. The Kier molecular flexibility index (Phi) is 4.66. The first-order valence-electron chi connectivity index (χ1n) is 8.12. The number of nitrogens with one attached hydrogen (secondary N) is 2. The fourth-order valence-corrected chi connectivity index (χ4v) is 2.67. The number of aromatic amines is 1. The predicted octanol–water partition coefficient (Wildman–Crippen LogP) is 4.30. The molecule has 0 aliphatic rings. The van der Waals surface area contributed by atoms with Crippen LogP contribution >= 0.6 is 0 Å². The van der Waals surface area contributed by atoms with Gasteiger partial charge in [0.2, 0.25) is 0 Å². The zero-order valence-corrected chi connectivity index (χ0v) is 13.8. The fraction of sp³-hybridized carbons (Fsp3) is 0.150. The Morgan fingerprint density at radius 1 is 1.17 bits per heavy atom. The second-order valence-electron chi connectivity index (χ2n) is 5.71. The Morgan fingerprint density at radius 2 is 1.96 bits per heavy atom. The van der Waals surface area contributed by atoms with Gasteiger partial charge in [0.15, 0.2) is 0 Å². The number of hydrogen-bond donors (Lipinski definition) is 3. The Balaban J connectivity index is 2.07. The van der Waals surface area contributed by atoms with Crippen LogP contribution in [0.2, 0.25) is 0 Å². The van der Waals surface area contributed by atoms with Crippen molar-refractivity contribution in [3.63, 3.8) is 0 Å². The molecule has 122 valence electrons. The molecule has 0 amide bonds. The van der Waals surface area contributed by atoms with Gasteiger partial charge >= 0.3 is 0 Å². The molecule has 0 saturated heterocycles. The largest absolute Gasteiger partial charge is 0.385 e. The second-order valence-corrected chi connectivity index (χ2v) is 5.71. The van der Waals surface area contributed by atoms with Crippen molar-refractivity contribution in [2.75, 3.05) is 12.3 Å². The van der Waals surface area contributed by atoms with E-state index >= 15 is 0 Å². The van der Waals surface area contributed by atoms with Crippen LogP contribution in [-0.2, 0) is 0 Å². The van der Waals surface area contributed by atoms with Crippen LogP contribution in [0.1, 0.15) is 18.9 Å². The van der Waals surface area contributed by atoms with Crippen LogP contribution in [0.5, 0.6) is 0 Å². The summed E-state index contributed by atoms with van der Waals surface area (Å²) in [5.41, 5.74) is 12.0. The van der Waals surface area contributed by atoms with Gasteiger partial charge in [-0.2, -0.15) is 0 Å². The summed E-state index contributed by atoms with van der Waals surface area (Å²) in [4.78, 5) is 7.58. The molecule has 0 atom stereocenters. The van der Waals surface area contributed by atoms with E-state index in [-0.39, 0.29) is 0 Å². The Bertz CT molecular complexity index is 834. The molecular weight excluding hydrogens is 296 g/mol. The molecular formula is C20H22N4. The van der Waals surface area contributed by atoms with Crippen LogP contribution < -0.4 is 11.1 Å². The molecule has 2 heterocycles. The Labute approximate surface area is 142 Å². The molecule has 3 rings (SSSR count). The van der Waals surface area contributed by atoms with Gasteiger partial charge in [0, 0.05) is 35.3 Å². The van der Waals surface area contributed by atoms with E-state index in [2.05, 4.69) is 47.0 Å². The van der Waals surface area contributed by atoms with Gasteiger partial charge in [-0.3, -0.25) is 0 Å². The van der Waals surface area contributed by atoms with E-state index in [4.69, 9.17) is 5.73 Å². The van der Waals surface area contributed by atoms with Crippen molar-refractivity contribution in [2.24, 2.45) is 0 Å². The molecule has 0 spiro atoms. The van der Waals surface area contributed by atoms with Gasteiger partial charge in [-0.1, -0.05) is 43.8 Å². The van der Waals surface area contributed by atoms with E-state index in [9.17, 15) is 0 Å². The minimum Gasteiger partial charge on any atom is -0.385 e. The lowest BCUT2D eigenvalue weighted by Crippen LogP contribution is -2.12. The quantitative estimate of drug-likeness (QED) is 0.635. The Morgan fingerprint density at radius 3 is 2.67 bits per heavy atom. The highest BCUT2D eigenvalue weighted by atomic mass is 14.9. The number of pyridine rings is 1.